The van der Waals surface area contributed by atoms with Crippen LogP contribution >= 0.6 is 0 Å². The van der Waals surface area contributed by atoms with Crippen molar-refractivity contribution in [1.82, 2.24) is 30.0 Å². The molecule has 7 heteroatoms. The van der Waals surface area contributed by atoms with Crippen LogP contribution in [0.2, 0.25) is 0 Å². The fraction of sp³-hybridized carbons (Fsp3) is 0.682. The van der Waals surface area contributed by atoms with Crippen molar-refractivity contribution < 1.29 is 4.39 Å². The summed E-state index contributed by atoms with van der Waals surface area (Å²) in [4.78, 5) is 5.26. The van der Waals surface area contributed by atoms with Crippen molar-refractivity contribution in [2.24, 2.45) is 5.92 Å². The second kappa shape index (κ2) is 9.30. The molecule has 0 amide bonds. The third-order valence-electron chi connectivity index (χ3n) is 6.53. The van der Waals surface area contributed by atoms with Crippen LogP contribution in [0, 0.1) is 11.7 Å². The fourth-order valence-corrected chi connectivity index (χ4v) is 5.01. The van der Waals surface area contributed by atoms with Crippen molar-refractivity contribution in [1.29, 1.82) is 0 Å². The summed E-state index contributed by atoms with van der Waals surface area (Å²) in [6.07, 6.45) is 6.91. The van der Waals surface area contributed by atoms with Crippen molar-refractivity contribution in [3.63, 3.8) is 0 Å². The summed E-state index contributed by atoms with van der Waals surface area (Å²) in [5.41, 5.74) is 1.00. The third-order valence-corrected chi connectivity index (χ3v) is 6.53. The van der Waals surface area contributed by atoms with Gasteiger partial charge in [-0.25, -0.2) is 9.07 Å². The predicted octanol–water partition coefficient (Wildman–Crippen LogP) is 3.51. The quantitative estimate of drug-likeness (QED) is 0.743. The number of benzene rings is 1. The van der Waals surface area contributed by atoms with E-state index in [9.17, 15) is 4.39 Å². The van der Waals surface area contributed by atoms with Crippen molar-refractivity contribution in [3.05, 3.63) is 41.5 Å². The Morgan fingerprint density at radius 3 is 2.34 bits per heavy atom. The first kappa shape index (κ1) is 20.4. The maximum atomic E-state index is 13.2. The van der Waals surface area contributed by atoms with Crippen LogP contribution < -0.4 is 0 Å². The average molecular weight is 401 g/mol. The van der Waals surface area contributed by atoms with Gasteiger partial charge in [0.05, 0.1) is 12.6 Å². The first-order valence-electron chi connectivity index (χ1n) is 11.1. The van der Waals surface area contributed by atoms with Crippen LogP contribution in [-0.4, -0.2) is 62.2 Å². The lowest BCUT2D eigenvalue weighted by molar-refractivity contribution is 0.0394. The van der Waals surface area contributed by atoms with Gasteiger partial charge in [-0.1, -0.05) is 45.2 Å². The molecule has 6 nitrogen and oxygen atoms in total. The summed E-state index contributed by atoms with van der Waals surface area (Å²) < 4.78 is 15.1. The highest BCUT2D eigenvalue weighted by Crippen LogP contribution is 2.30. The Morgan fingerprint density at radius 1 is 1.00 bits per heavy atom. The van der Waals surface area contributed by atoms with Crippen LogP contribution in [0.3, 0.4) is 0 Å². The van der Waals surface area contributed by atoms with E-state index in [4.69, 9.17) is 0 Å². The molecule has 0 bridgehead atoms. The summed E-state index contributed by atoms with van der Waals surface area (Å²) in [6.45, 7) is 9.43. The van der Waals surface area contributed by atoms with Gasteiger partial charge < -0.3 is 0 Å². The molecule has 1 atom stereocenters. The number of aromatic nitrogens is 4. The second-order valence-electron chi connectivity index (χ2n) is 8.87. The van der Waals surface area contributed by atoms with Crippen molar-refractivity contribution in [2.45, 2.75) is 64.6 Å². The topological polar surface area (TPSA) is 50.1 Å². The largest absolute Gasteiger partial charge is 0.298 e. The van der Waals surface area contributed by atoms with E-state index in [0.717, 1.165) is 43.6 Å². The lowest BCUT2D eigenvalue weighted by atomic mass is 9.93. The highest BCUT2D eigenvalue weighted by atomic mass is 19.1. The number of hydrogen-bond donors (Lipinski definition) is 0. The average Bonchev–Trinajstić information content (AvgIpc) is 3.18. The molecule has 1 aromatic carbocycles. The number of halogens is 1. The van der Waals surface area contributed by atoms with Crippen molar-refractivity contribution in [3.8, 4) is 0 Å². The molecular formula is C22H33FN6. The standard InChI is InChI=1S/C22H33FN6/c1-17(2)21(28-14-12-27(13-15-28)20-6-4-3-5-7-20)22-24-25-26-29(22)16-18-8-10-19(23)11-9-18/h8-11,17,20-21H,3-7,12-16H2,1-2H3/t21-/m1/s1. The van der Waals surface area contributed by atoms with Gasteiger partial charge in [0, 0.05) is 32.2 Å². The molecule has 0 N–H and O–H groups in total. The molecule has 0 unspecified atom stereocenters. The normalized spacial score (nSPS) is 21.0. The minimum Gasteiger partial charge on any atom is -0.298 e. The third kappa shape index (κ3) is 4.83. The number of nitrogens with zero attached hydrogens (tertiary/aromatic N) is 6. The molecule has 1 saturated heterocycles. The van der Waals surface area contributed by atoms with Crippen LogP contribution in [0.1, 0.15) is 63.4 Å². The zero-order valence-electron chi connectivity index (χ0n) is 17.7. The Morgan fingerprint density at radius 2 is 1.69 bits per heavy atom. The van der Waals surface area contributed by atoms with E-state index in [1.54, 1.807) is 12.1 Å². The molecule has 158 valence electrons. The lowest BCUT2D eigenvalue weighted by Gasteiger charge is -2.43. The van der Waals surface area contributed by atoms with E-state index >= 15 is 0 Å². The zero-order chi connectivity index (χ0) is 20.2. The van der Waals surface area contributed by atoms with Gasteiger partial charge in [-0.15, -0.1) is 5.10 Å². The molecule has 0 radical (unpaired) electrons. The summed E-state index contributed by atoms with van der Waals surface area (Å²) >= 11 is 0. The monoisotopic (exact) mass is 400 g/mol. The Balaban J connectivity index is 1.45. The minimum absolute atomic E-state index is 0.193. The molecule has 0 spiro atoms. The smallest absolute Gasteiger partial charge is 0.169 e. The Kier molecular flexibility index (Phi) is 6.55. The maximum absolute atomic E-state index is 13.2. The number of hydrogen-bond acceptors (Lipinski definition) is 5. The molecular weight excluding hydrogens is 367 g/mol. The molecule has 2 fully saturated rings. The van der Waals surface area contributed by atoms with E-state index in [1.807, 2.05) is 4.68 Å². The molecule has 29 heavy (non-hydrogen) atoms. The molecule has 2 aliphatic rings. The van der Waals surface area contributed by atoms with E-state index in [0.29, 0.717) is 12.5 Å². The van der Waals surface area contributed by atoms with Gasteiger partial charge in [0.15, 0.2) is 5.82 Å². The Bertz CT molecular complexity index is 760. The molecule has 1 aliphatic carbocycles. The predicted molar refractivity (Wildman–Crippen MR) is 111 cm³/mol. The van der Waals surface area contributed by atoms with Crippen LogP contribution in [0.4, 0.5) is 4.39 Å². The first-order chi connectivity index (χ1) is 14.1. The SMILES string of the molecule is CC(C)[C@H](c1nnnn1Cc1ccc(F)cc1)N1CCN(C2CCCCC2)CC1. The van der Waals surface area contributed by atoms with Crippen LogP contribution in [0.25, 0.3) is 0 Å². The van der Waals surface area contributed by atoms with Gasteiger partial charge in [-0.05, 0) is 46.9 Å². The minimum atomic E-state index is -0.221. The van der Waals surface area contributed by atoms with Gasteiger partial charge in [0.2, 0.25) is 0 Å². The molecule has 2 aromatic rings. The molecule has 1 aromatic heterocycles. The second-order valence-corrected chi connectivity index (χ2v) is 8.87. The van der Waals surface area contributed by atoms with Crippen LogP contribution in [0.5, 0.6) is 0 Å². The van der Waals surface area contributed by atoms with Crippen molar-refractivity contribution in [2.75, 3.05) is 26.2 Å². The Hall–Kier alpha value is -1.86. The molecule has 1 saturated carbocycles. The Labute approximate surface area is 173 Å². The van der Waals surface area contributed by atoms with E-state index in [1.165, 1.54) is 44.2 Å². The summed E-state index contributed by atoms with van der Waals surface area (Å²) in [6, 6.07) is 7.56. The summed E-state index contributed by atoms with van der Waals surface area (Å²) in [5.74, 6) is 1.10. The summed E-state index contributed by atoms with van der Waals surface area (Å²) in [5, 5.41) is 12.6. The van der Waals surface area contributed by atoms with Gasteiger partial charge in [0.25, 0.3) is 0 Å². The van der Waals surface area contributed by atoms with Gasteiger partial charge in [-0.2, -0.15) is 0 Å². The van der Waals surface area contributed by atoms with E-state index in [-0.39, 0.29) is 11.9 Å². The highest BCUT2D eigenvalue weighted by Gasteiger charge is 2.33. The lowest BCUT2D eigenvalue weighted by Crippen LogP contribution is -2.52. The van der Waals surface area contributed by atoms with E-state index in [2.05, 4.69) is 39.2 Å². The number of rotatable bonds is 6. The molecule has 1 aliphatic heterocycles. The first-order valence-corrected chi connectivity index (χ1v) is 11.1. The van der Waals surface area contributed by atoms with Crippen LogP contribution in [-0.2, 0) is 6.54 Å². The van der Waals surface area contributed by atoms with Crippen LogP contribution in [0.15, 0.2) is 24.3 Å². The van der Waals surface area contributed by atoms with Gasteiger partial charge in [0.1, 0.15) is 5.82 Å². The van der Waals surface area contributed by atoms with Gasteiger partial charge in [-0.3, -0.25) is 9.80 Å². The number of piperazine rings is 1. The van der Waals surface area contributed by atoms with Crippen molar-refractivity contribution >= 4 is 0 Å². The van der Waals surface area contributed by atoms with Gasteiger partial charge >= 0.3 is 0 Å². The highest BCUT2D eigenvalue weighted by molar-refractivity contribution is 5.16. The zero-order valence-corrected chi connectivity index (χ0v) is 17.7. The number of tetrazole rings is 1. The van der Waals surface area contributed by atoms with E-state index < -0.39 is 0 Å². The maximum Gasteiger partial charge on any atom is 0.169 e. The molecule has 4 rings (SSSR count). The summed E-state index contributed by atoms with van der Waals surface area (Å²) in [7, 11) is 0. The molecule has 2 heterocycles. The fourth-order valence-electron chi connectivity index (χ4n) is 5.01.